The van der Waals surface area contributed by atoms with Gasteiger partial charge in [-0.05, 0) is 19.1 Å². The van der Waals surface area contributed by atoms with Crippen LogP contribution >= 0.6 is 0 Å². The molecule has 1 N–H and O–H groups in total. The molecule has 0 unspecified atom stereocenters. The van der Waals surface area contributed by atoms with Gasteiger partial charge in [-0.3, -0.25) is 9.48 Å². The first-order valence-electron chi connectivity index (χ1n) is 4.85. The lowest BCUT2D eigenvalue weighted by molar-refractivity contribution is -0.137. The predicted molar refractivity (Wildman–Crippen MR) is 58.7 cm³/mol. The van der Waals surface area contributed by atoms with Crippen LogP contribution in [-0.4, -0.2) is 28.0 Å². The molecule has 0 saturated carbocycles. The number of aromatic nitrogens is 2. The number of benzene rings is 1. The number of methoxy groups -OCH3 is 1. The molecule has 0 saturated heterocycles. The van der Waals surface area contributed by atoms with Crippen molar-refractivity contribution in [1.29, 1.82) is 0 Å². The van der Waals surface area contributed by atoms with Crippen molar-refractivity contribution in [2.45, 2.75) is 13.5 Å². The highest BCUT2D eigenvalue weighted by molar-refractivity contribution is 5.88. The zero-order valence-electron chi connectivity index (χ0n) is 9.10. The van der Waals surface area contributed by atoms with E-state index >= 15 is 0 Å². The van der Waals surface area contributed by atoms with Crippen LogP contribution < -0.4 is 4.74 Å². The van der Waals surface area contributed by atoms with Gasteiger partial charge in [-0.25, -0.2) is 0 Å². The average molecular weight is 220 g/mol. The SMILES string of the molecule is COc1cccc2nn(CC(=O)O)c(C)c12. The molecule has 0 amide bonds. The fraction of sp³-hybridized carbons (Fsp3) is 0.273. The Morgan fingerprint density at radius 1 is 1.56 bits per heavy atom. The number of rotatable bonds is 3. The van der Waals surface area contributed by atoms with Crippen LogP contribution in [0.25, 0.3) is 10.9 Å². The minimum Gasteiger partial charge on any atom is -0.496 e. The molecule has 84 valence electrons. The van der Waals surface area contributed by atoms with E-state index in [1.807, 2.05) is 25.1 Å². The summed E-state index contributed by atoms with van der Waals surface area (Å²) >= 11 is 0. The van der Waals surface area contributed by atoms with Crippen molar-refractivity contribution in [2.75, 3.05) is 7.11 Å². The van der Waals surface area contributed by atoms with Gasteiger partial charge in [0.15, 0.2) is 0 Å². The number of hydrogen-bond donors (Lipinski definition) is 1. The minimum absolute atomic E-state index is 0.135. The Kier molecular flexibility index (Phi) is 2.52. The summed E-state index contributed by atoms with van der Waals surface area (Å²) in [5.74, 6) is -0.193. The van der Waals surface area contributed by atoms with Gasteiger partial charge in [-0.15, -0.1) is 0 Å². The van der Waals surface area contributed by atoms with Crippen LogP contribution in [0.2, 0.25) is 0 Å². The van der Waals surface area contributed by atoms with E-state index in [2.05, 4.69) is 5.10 Å². The fourth-order valence-electron chi connectivity index (χ4n) is 1.75. The van der Waals surface area contributed by atoms with Gasteiger partial charge >= 0.3 is 5.97 Å². The molecular weight excluding hydrogens is 208 g/mol. The van der Waals surface area contributed by atoms with Crippen LogP contribution in [0.5, 0.6) is 5.75 Å². The molecule has 16 heavy (non-hydrogen) atoms. The van der Waals surface area contributed by atoms with Crippen molar-refractivity contribution in [3.8, 4) is 5.75 Å². The summed E-state index contributed by atoms with van der Waals surface area (Å²) in [5.41, 5.74) is 1.55. The second-order valence-electron chi connectivity index (χ2n) is 3.49. The third kappa shape index (κ3) is 1.60. The van der Waals surface area contributed by atoms with Crippen LogP contribution in [-0.2, 0) is 11.3 Å². The quantitative estimate of drug-likeness (QED) is 0.850. The van der Waals surface area contributed by atoms with E-state index in [1.54, 1.807) is 7.11 Å². The molecule has 0 radical (unpaired) electrons. The molecule has 2 rings (SSSR count). The molecular formula is C11H12N2O3. The molecule has 1 aromatic heterocycles. The largest absolute Gasteiger partial charge is 0.496 e. The van der Waals surface area contributed by atoms with Crippen molar-refractivity contribution in [2.24, 2.45) is 0 Å². The third-order valence-electron chi connectivity index (χ3n) is 2.49. The molecule has 1 aromatic carbocycles. The standard InChI is InChI=1S/C11H12N2O3/c1-7-11-8(4-3-5-9(11)16-2)12-13(7)6-10(14)15/h3-5H,6H2,1-2H3,(H,14,15). The van der Waals surface area contributed by atoms with E-state index in [9.17, 15) is 4.79 Å². The number of carbonyl (C=O) groups is 1. The maximum Gasteiger partial charge on any atom is 0.325 e. The van der Waals surface area contributed by atoms with E-state index in [0.717, 1.165) is 16.6 Å². The molecule has 2 aromatic rings. The number of hydrogen-bond acceptors (Lipinski definition) is 3. The molecule has 0 spiro atoms. The fourth-order valence-corrected chi connectivity index (χ4v) is 1.75. The Bertz CT molecular complexity index is 545. The van der Waals surface area contributed by atoms with Crippen LogP contribution in [0.1, 0.15) is 5.69 Å². The van der Waals surface area contributed by atoms with Gasteiger partial charge in [0, 0.05) is 5.69 Å². The molecule has 0 fully saturated rings. The van der Waals surface area contributed by atoms with Gasteiger partial charge in [0.1, 0.15) is 12.3 Å². The molecule has 1 heterocycles. The highest BCUT2D eigenvalue weighted by atomic mass is 16.5. The summed E-state index contributed by atoms with van der Waals surface area (Å²) < 4.78 is 6.69. The van der Waals surface area contributed by atoms with E-state index in [0.29, 0.717) is 5.75 Å². The highest BCUT2D eigenvalue weighted by Crippen LogP contribution is 2.27. The summed E-state index contributed by atoms with van der Waals surface area (Å²) in [5, 5.41) is 13.8. The van der Waals surface area contributed by atoms with E-state index < -0.39 is 5.97 Å². The number of fused-ring (bicyclic) bond motifs is 1. The second-order valence-corrected chi connectivity index (χ2v) is 3.49. The van der Waals surface area contributed by atoms with Gasteiger partial charge in [0.25, 0.3) is 0 Å². The molecule has 0 aliphatic heterocycles. The maximum atomic E-state index is 10.7. The maximum absolute atomic E-state index is 10.7. The topological polar surface area (TPSA) is 64.4 Å². The Labute approximate surface area is 92.2 Å². The summed E-state index contributed by atoms with van der Waals surface area (Å²) in [6.45, 7) is 1.70. The first-order chi connectivity index (χ1) is 7.63. The van der Waals surface area contributed by atoms with Crippen molar-refractivity contribution in [1.82, 2.24) is 9.78 Å². The first-order valence-corrected chi connectivity index (χ1v) is 4.85. The normalized spacial score (nSPS) is 10.6. The van der Waals surface area contributed by atoms with Gasteiger partial charge in [0.05, 0.1) is 18.0 Å². The van der Waals surface area contributed by atoms with E-state index in [1.165, 1.54) is 4.68 Å². The summed E-state index contributed by atoms with van der Waals surface area (Å²) in [7, 11) is 1.59. The van der Waals surface area contributed by atoms with Gasteiger partial charge in [-0.1, -0.05) is 6.07 Å². The number of carboxylic acids is 1. The van der Waals surface area contributed by atoms with Crippen molar-refractivity contribution in [3.05, 3.63) is 23.9 Å². The zero-order chi connectivity index (χ0) is 11.7. The molecule has 5 nitrogen and oxygen atoms in total. The second kappa shape index (κ2) is 3.84. The Hall–Kier alpha value is -2.04. The Morgan fingerprint density at radius 3 is 2.94 bits per heavy atom. The zero-order valence-corrected chi connectivity index (χ0v) is 9.10. The molecule has 0 aliphatic rings. The number of aliphatic carboxylic acids is 1. The Morgan fingerprint density at radius 2 is 2.31 bits per heavy atom. The lowest BCUT2D eigenvalue weighted by Gasteiger charge is -2.02. The lowest BCUT2D eigenvalue weighted by atomic mass is 10.2. The number of ether oxygens (including phenoxy) is 1. The molecule has 0 aliphatic carbocycles. The van der Waals surface area contributed by atoms with Gasteiger partial charge in [0.2, 0.25) is 0 Å². The van der Waals surface area contributed by atoms with Crippen molar-refractivity contribution in [3.63, 3.8) is 0 Å². The summed E-state index contributed by atoms with van der Waals surface area (Å²) in [6.07, 6.45) is 0. The summed E-state index contributed by atoms with van der Waals surface area (Å²) in [6, 6.07) is 5.50. The van der Waals surface area contributed by atoms with E-state index in [4.69, 9.17) is 9.84 Å². The van der Waals surface area contributed by atoms with Gasteiger partial charge < -0.3 is 9.84 Å². The van der Waals surface area contributed by atoms with Gasteiger partial charge in [-0.2, -0.15) is 5.10 Å². The monoisotopic (exact) mass is 220 g/mol. The van der Waals surface area contributed by atoms with Crippen LogP contribution in [0.15, 0.2) is 18.2 Å². The smallest absolute Gasteiger partial charge is 0.325 e. The average Bonchev–Trinajstić information content (AvgIpc) is 2.55. The third-order valence-corrected chi connectivity index (χ3v) is 2.49. The highest BCUT2D eigenvalue weighted by Gasteiger charge is 2.13. The number of carboxylic acid groups (broad SMARTS) is 1. The van der Waals surface area contributed by atoms with E-state index in [-0.39, 0.29) is 6.54 Å². The molecule has 5 heteroatoms. The Balaban J connectivity index is 2.63. The summed E-state index contributed by atoms with van der Waals surface area (Å²) in [4.78, 5) is 10.7. The lowest BCUT2D eigenvalue weighted by Crippen LogP contribution is -2.11. The molecule has 0 bridgehead atoms. The van der Waals surface area contributed by atoms with Crippen LogP contribution in [0, 0.1) is 6.92 Å². The number of aryl methyl sites for hydroxylation is 1. The van der Waals surface area contributed by atoms with Crippen molar-refractivity contribution < 1.29 is 14.6 Å². The molecule has 0 atom stereocenters. The van der Waals surface area contributed by atoms with Crippen molar-refractivity contribution >= 4 is 16.9 Å². The minimum atomic E-state index is -0.908. The van der Waals surface area contributed by atoms with Crippen LogP contribution in [0.3, 0.4) is 0 Å². The first kappa shape index (κ1) is 10.5. The predicted octanol–water partition coefficient (Wildman–Crippen LogP) is 1.44. The number of nitrogens with zero attached hydrogens (tertiary/aromatic N) is 2. The van der Waals surface area contributed by atoms with Crippen LogP contribution in [0.4, 0.5) is 0 Å².